The number of amides is 1. The third-order valence-electron chi connectivity index (χ3n) is 2.75. The van der Waals surface area contributed by atoms with Crippen molar-refractivity contribution >= 4 is 17.5 Å². The minimum absolute atomic E-state index is 0.141. The van der Waals surface area contributed by atoms with Gasteiger partial charge in [0.2, 0.25) is 5.91 Å². The molecular formula is C10H15ClN4O2. The summed E-state index contributed by atoms with van der Waals surface area (Å²) in [5, 5.41) is 7.63. The average molecular weight is 259 g/mol. The molecule has 1 amide bonds. The summed E-state index contributed by atoms with van der Waals surface area (Å²) in [6.45, 7) is 3.20. The van der Waals surface area contributed by atoms with Crippen LogP contribution >= 0.6 is 11.6 Å². The third-order valence-corrected chi connectivity index (χ3v) is 2.98. The fourth-order valence-corrected chi connectivity index (χ4v) is 1.96. The quantitative estimate of drug-likeness (QED) is 0.727. The number of halogens is 1. The van der Waals surface area contributed by atoms with E-state index in [1.165, 1.54) is 0 Å². The Morgan fingerprint density at radius 2 is 2.24 bits per heavy atom. The van der Waals surface area contributed by atoms with E-state index in [4.69, 9.17) is 16.3 Å². The first kappa shape index (κ1) is 12.3. The van der Waals surface area contributed by atoms with Crippen LogP contribution in [0.1, 0.15) is 12.2 Å². The molecule has 2 heterocycles. The summed E-state index contributed by atoms with van der Waals surface area (Å²) in [6, 6.07) is 0. The second-order valence-corrected chi connectivity index (χ2v) is 4.08. The first-order chi connectivity index (χ1) is 8.31. The molecule has 0 unspecified atom stereocenters. The number of ether oxygens (including phenoxy) is 1. The van der Waals surface area contributed by atoms with Gasteiger partial charge in [-0.1, -0.05) is 0 Å². The maximum absolute atomic E-state index is 11.9. The molecule has 0 radical (unpaired) electrons. The molecule has 1 fully saturated rings. The molecule has 0 bridgehead atoms. The van der Waals surface area contributed by atoms with E-state index in [1.807, 2.05) is 9.47 Å². The van der Waals surface area contributed by atoms with Crippen molar-refractivity contribution < 1.29 is 9.53 Å². The van der Waals surface area contributed by atoms with Gasteiger partial charge in [0.1, 0.15) is 12.2 Å². The summed E-state index contributed by atoms with van der Waals surface area (Å²) in [5.41, 5.74) is 0. The smallest absolute Gasteiger partial charge is 0.224 e. The second kappa shape index (κ2) is 5.97. The minimum atomic E-state index is 0.141. The second-order valence-electron chi connectivity index (χ2n) is 3.82. The molecule has 1 aliphatic heterocycles. The van der Waals surface area contributed by atoms with Crippen LogP contribution < -0.4 is 0 Å². The van der Waals surface area contributed by atoms with Crippen LogP contribution in [0.5, 0.6) is 0 Å². The van der Waals surface area contributed by atoms with Crippen molar-refractivity contribution in [3.8, 4) is 0 Å². The predicted molar refractivity (Wildman–Crippen MR) is 61.6 cm³/mol. The van der Waals surface area contributed by atoms with E-state index in [0.29, 0.717) is 51.0 Å². The number of hydrogen-bond acceptors (Lipinski definition) is 4. The van der Waals surface area contributed by atoms with Gasteiger partial charge in [0.25, 0.3) is 0 Å². The number of aromatic nitrogens is 3. The van der Waals surface area contributed by atoms with Crippen molar-refractivity contribution in [3.05, 3.63) is 12.2 Å². The Balaban J connectivity index is 1.83. The summed E-state index contributed by atoms with van der Waals surface area (Å²) in [4.78, 5) is 13.7. The van der Waals surface area contributed by atoms with E-state index in [2.05, 4.69) is 10.2 Å². The molecular weight excluding hydrogens is 244 g/mol. The standard InChI is InChI=1S/C10H15ClN4O2/c11-7-9-13-12-8-15(9)2-1-10(16)14-3-5-17-6-4-14/h8H,1-7H2. The molecule has 1 aromatic heterocycles. The summed E-state index contributed by atoms with van der Waals surface area (Å²) in [7, 11) is 0. The van der Waals surface area contributed by atoms with Gasteiger partial charge in [0.05, 0.1) is 19.1 Å². The van der Waals surface area contributed by atoms with Gasteiger partial charge in [-0.15, -0.1) is 21.8 Å². The summed E-state index contributed by atoms with van der Waals surface area (Å²) < 4.78 is 7.01. The first-order valence-electron chi connectivity index (χ1n) is 5.59. The van der Waals surface area contributed by atoms with Crippen molar-refractivity contribution in [2.45, 2.75) is 18.8 Å². The van der Waals surface area contributed by atoms with Crippen molar-refractivity contribution in [2.24, 2.45) is 0 Å². The van der Waals surface area contributed by atoms with Gasteiger partial charge >= 0.3 is 0 Å². The molecule has 0 atom stereocenters. The van der Waals surface area contributed by atoms with Crippen molar-refractivity contribution in [2.75, 3.05) is 26.3 Å². The first-order valence-corrected chi connectivity index (χ1v) is 6.13. The highest BCUT2D eigenvalue weighted by atomic mass is 35.5. The normalized spacial score (nSPS) is 16.2. The van der Waals surface area contributed by atoms with Crippen LogP contribution in [0.4, 0.5) is 0 Å². The molecule has 1 aromatic rings. The minimum Gasteiger partial charge on any atom is -0.378 e. The predicted octanol–water partition coefficient (Wildman–Crippen LogP) is 0.266. The lowest BCUT2D eigenvalue weighted by Crippen LogP contribution is -2.41. The van der Waals surface area contributed by atoms with Gasteiger partial charge in [-0.2, -0.15) is 0 Å². The van der Waals surface area contributed by atoms with E-state index in [9.17, 15) is 4.79 Å². The largest absolute Gasteiger partial charge is 0.378 e. The summed E-state index contributed by atoms with van der Waals surface area (Å²) in [5.74, 6) is 1.15. The number of aryl methyl sites for hydroxylation is 1. The number of nitrogens with zero attached hydrogens (tertiary/aromatic N) is 4. The fraction of sp³-hybridized carbons (Fsp3) is 0.700. The zero-order valence-electron chi connectivity index (χ0n) is 9.51. The number of hydrogen-bond donors (Lipinski definition) is 0. The molecule has 2 rings (SSSR count). The third kappa shape index (κ3) is 3.17. The molecule has 1 aliphatic rings. The molecule has 1 saturated heterocycles. The number of morpholine rings is 1. The number of rotatable bonds is 4. The van der Waals surface area contributed by atoms with Gasteiger partial charge in [0, 0.05) is 26.1 Å². The Labute approximate surface area is 105 Å². The van der Waals surface area contributed by atoms with Crippen molar-refractivity contribution in [1.82, 2.24) is 19.7 Å². The topological polar surface area (TPSA) is 60.2 Å². The number of alkyl halides is 1. The lowest BCUT2D eigenvalue weighted by atomic mass is 10.3. The molecule has 0 saturated carbocycles. The lowest BCUT2D eigenvalue weighted by molar-refractivity contribution is -0.135. The van der Waals surface area contributed by atoms with Gasteiger partial charge in [0.15, 0.2) is 0 Å². The molecule has 0 N–H and O–H groups in total. The SMILES string of the molecule is O=C(CCn1cnnc1CCl)N1CCOCC1. The Morgan fingerprint density at radius 3 is 2.94 bits per heavy atom. The van der Waals surface area contributed by atoms with Gasteiger partial charge in [-0.25, -0.2) is 0 Å². The molecule has 6 nitrogen and oxygen atoms in total. The van der Waals surface area contributed by atoms with Crippen LogP contribution in [0.2, 0.25) is 0 Å². The van der Waals surface area contributed by atoms with E-state index < -0.39 is 0 Å². The van der Waals surface area contributed by atoms with Crippen molar-refractivity contribution in [3.63, 3.8) is 0 Å². The highest BCUT2D eigenvalue weighted by molar-refractivity contribution is 6.16. The Morgan fingerprint density at radius 1 is 1.47 bits per heavy atom. The van der Waals surface area contributed by atoms with E-state index >= 15 is 0 Å². The maximum Gasteiger partial charge on any atom is 0.224 e. The average Bonchev–Trinajstić information content (AvgIpc) is 2.84. The van der Waals surface area contributed by atoms with E-state index in [0.717, 1.165) is 0 Å². The molecule has 7 heteroatoms. The van der Waals surface area contributed by atoms with E-state index in [-0.39, 0.29) is 5.91 Å². The molecule has 0 aromatic carbocycles. The lowest BCUT2D eigenvalue weighted by Gasteiger charge is -2.26. The summed E-state index contributed by atoms with van der Waals surface area (Å²) >= 11 is 5.70. The van der Waals surface area contributed by atoms with E-state index in [1.54, 1.807) is 6.33 Å². The fourth-order valence-electron chi connectivity index (χ4n) is 1.76. The van der Waals surface area contributed by atoms with Crippen LogP contribution in [0.15, 0.2) is 6.33 Å². The zero-order valence-corrected chi connectivity index (χ0v) is 10.3. The van der Waals surface area contributed by atoms with Crippen LogP contribution in [-0.4, -0.2) is 51.9 Å². The molecule has 17 heavy (non-hydrogen) atoms. The Bertz CT molecular complexity index is 376. The monoisotopic (exact) mass is 258 g/mol. The Kier molecular flexibility index (Phi) is 4.33. The van der Waals surface area contributed by atoms with Gasteiger partial charge in [-0.3, -0.25) is 4.79 Å². The zero-order chi connectivity index (χ0) is 12.1. The van der Waals surface area contributed by atoms with Crippen LogP contribution in [0, 0.1) is 0 Å². The van der Waals surface area contributed by atoms with Crippen LogP contribution in [0.3, 0.4) is 0 Å². The highest BCUT2D eigenvalue weighted by Crippen LogP contribution is 2.04. The molecule has 0 aliphatic carbocycles. The maximum atomic E-state index is 11.9. The molecule has 94 valence electrons. The summed E-state index contributed by atoms with van der Waals surface area (Å²) in [6.07, 6.45) is 2.05. The van der Waals surface area contributed by atoms with Gasteiger partial charge in [-0.05, 0) is 0 Å². The number of carbonyl (C=O) groups is 1. The Hall–Kier alpha value is -1.14. The van der Waals surface area contributed by atoms with Gasteiger partial charge < -0.3 is 14.2 Å². The highest BCUT2D eigenvalue weighted by Gasteiger charge is 2.16. The number of carbonyl (C=O) groups excluding carboxylic acids is 1. The van der Waals surface area contributed by atoms with Crippen molar-refractivity contribution in [1.29, 1.82) is 0 Å². The van der Waals surface area contributed by atoms with Crippen LogP contribution in [-0.2, 0) is 22.0 Å². The van der Waals surface area contributed by atoms with Crippen LogP contribution in [0.25, 0.3) is 0 Å². The molecule has 0 spiro atoms.